The molecule has 1 saturated heterocycles. The molecule has 2 heterocycles. The van der Waals surface area contributed by atoms with Crippen molar-refractivity contribution in [2.24, 2.45) is 0 Å². The van der Waals surface area contributed by atoms with Crippen molar-refractivity contribution < 1.29 is 33.7 Å². The van der Waals surface area contributed by atoms with E-state index in [2.05, 4.69) is 22.0 Å². The Morgan fingerprint density at radius 2 is 1.73 bits per heavy atom. The van der Waals surface area contributed by atoms with Gasteiger partial charge in [-0.3, -0.25) is 9.69 Å². The van der Waals surface area contributed by atoms with E-state index in [-0.39, 0.29) is 37.3 Å². The third-order valence-electron chi connectivity index (χ3n) is 9.57. The summed E-state index contributed by atoms with van der Waals surface area (Å²) in [6, 6.07) is 18.9. The van der Waals surface area contributed by atoms with Crippen molar-refractivity contribution in [1.82, 2.24) is 14.7 Å². The molecular weight excluding hydrogens is 681 g/mol. The zero-order chi connectivity index (χ0) is 33.9. The van der Waals surface area contributed by atoms with E-state index < -0.39 is 24.3 Å². The predicted molar refractivity (Wildman–Crippen MR) is 183 cm³/mol. The van der Waals surface area contributed by atoms with Gasteiger partial charge in [0, 0.05) is 37.3 Å². The van der Waals surface area contributed by atoms with Gasteiger partial charge in [0.2, 0.25) is 0 Å². The molecule has 2 atom stereocenters. The molecule has 2 bridgehead atoms. The Morgan fingerprint density at radius 3 is 2.42 bits per heavy atom. The molecule has 0 radical (unpaired) electrons. The van der Waals surface area contributed by atoms with Gasteiger partial charge in [-0.2, -0.15) is 0 Å². The van der Waals surface area contributed by atoms with Crippen LogP contribution >= 0.6 is 15.9 Å². The number of benzene rings is 3. The molecule has 0 aromatic heterocycles. The molecular formula is C37H39BrFN3O6. The molecule has 6 rings (SSSR count). The summed E-state index contributed by atoms with van der Waals surface area (Å²) in [5, 5.41) is 20.2. The Kier molecular flexibility index (Phi) is 10.1. The first-order valence-electron chi connectivity index (χ1n) is 16.4. The van der Waals surface area contributed by atoms with Crippen LogP contribution in [0.4, 0.5) is 14.0 Å². The maximum absolute atomic E-state index is 14.7. The first kappa shape index (κ1) is 33.5. The van der Waals surface area contributed by atoms with Gasteiger partial charge in [-0.25, -0.2) is 14.0 Å². The standard InChI is InChI=1S/C37H39BrFN3O6/c1-23-5-2-3-7-25(23)16-17-41(28-13-14-28)35(43)34-30(20-29-21-40(36(44)45)22-32(34)42(29)37(46)47)26-10-8-24(9-11-26)6-4-18-48-33-19-27(39)12-15-31(33)38/h2-3,5,7-12,15,19,28-29,32H,4,6,13-14,16-18,20-22H2,1H3,(H,44,45)(H,46,47). The Labute approximate surface area is 287 Å². The van der Waals surface area contributed by atoms with E-state index in [4.69, 9.17) is 4.74 Å². The number of aryl methyl sites for hydroxylation is 2. The number of hydrogen-bond donors (Lipinski definition) is 2. The minimum atomic E-state index is -1.15. The molecule has 2 fully saturated rings. The van der Waals surface area contributed by atoms with Crippen molar-refractivity contribution in [3.05, 3.63) is 105 Å². The van der Waals surface area contributed by atoms with Crippen LogP contribution in [0.3, 0.4) is 0 Å². The van der Waals surface area contributed by atoms with E-state index in [1.165, 1.54) is 21.9 Å². The van der Waals surface area contributed by atoms with Crippen LogP contribution in [-0.4, -0.2) is 87.4 Å². The smallest absolute Gasteiger partial charge is 0.408 e. The fraction of sp³-hybridized carbons (Fsp3) is 0.378. The van der Waals surface area contributed by atoms with Crippen LogP contribution in [0.25, 0.3) is 5.57 Å². The number of carboxylic acid groups (broad SMARTS) is 2. The Hall–Kier alpha value is -4.38. The molecule has 1 aliphatic carbocycles. The van der Waals surface area contributed by atoms with Gasteiger partial charge in [-0.1, -0.05) is 48.5 Å². The topological polar surface area (TPSA) is 111 Å². The van der Waals surface area contributed by atoms with Gasteiger partial charge < -0.3 is 24.7 Å². The van der Waals surface area contributed by atoms with Crippen LogP contribution < -0.4 is 4.74 Å². The van der Waals surface area contributed by atoms with Crippen LogP contribution in [-0.2, 0) is 17.6 Å². The molecule has 11 heteroatoms. The number of amides is 3. The molecule has 3 aromatic rings. The number of ether oxygens (including phenoxy) is 1. The minimum absolute atomic E-state index is 0.0439. The monoisotopic (exact) mass is 719 g/mol. The molecule has 9 nitrogen and oxygen atoms in total. The van der Waals surface area contributed by atoms with Crippen LogP contribution in [0.2, 0.25) is 0 Å². The number of carbonyl (C=O) groups is 3. The van der Waals surface area contributed by atoms with Gasteiger partial charge in [0.1, 0.15) is 11.6 Å². The normalized spacial score (nSPS) is 18.9. The van der Waals surface area contributed by atoms with E-state index in [1.807, 2.05) is 54.3 Å². The van der Waals surface area contributed by atoms with Crippen LogP contribution in [0.1, 0.15) is 47.9 Å². The van der Waals surface area contributed by atoms with Gasteiger partial charge >= 0.3 is 12.2 Å². The summed E-state index contributed by atoms with van der Waals surface area (Å²) in [6.45, 7) is 2.89. The van der Waals surface area contributed by atoms with E-state index in [0.29, 0.717) is 41.8 Å². The van der Waals surface area contributed by atoms with Crippen molar-refractivity contribution >= 4 is 39.6 Å². The van der Waals surface area contributed by atoms with Gasteiger partial charge in [0.15, 0.2) is 0 Å². The van der Waals surface area contributed by atoms with Crippen LogP contribution in [0, 0.1) is 12.7 Å². The Bertz CT molecular complexity index is 1730. The molecule has 3 aromatic carbocycles. The average Bonchev–Trinajstić information content (AvgIpc) is 3.90. The summed E-state index contributed by atoms with van der Waals surface area (Å²) >= 11 is 3.38. The summed E-state index contributed by atoms with van der Waals surface area (Å²) in [4.78, 5) is 43.8. The second kappa shape index (κ2) is 14.4. The lowest BCUT2D eigenvalue weighted by atomic mass is 9.81. The first-order valence-corrected chi connectivity index (χ1v) is 17.1. The molecule has 1 saturated carbocycles. The largest absolute Gasteiger partial charge is 0.492 e. The number of fused-ring (bicyclic) bond motifs is 2. The first-order chi connectivity index (χ1) is 23.1. The molecule has 252 valence electrons. The SMILES string of the molecule is Cc1ccccc1CCN(C(=O)C1=C(c2ccc(CCCOc3cc(F)ccc3Br)cc2)CC2CN(C(=O)O)CC1N2C(=O)O)C1CC1. The van der Waals surface area contributed by atoms with Gasteiger partial charge in [0.05, 0.1) is 23.2 Å². The number of halogens is 2. The Balaban J connectivity index is 1.27. The molecule has 3 aliphatic rings. The third-order valence-corrected chi connectivity index (χ3v) is 10.2. The second-order valence-corrected chi connectivity index (χ2v) is 13.6. The minimum Gasteiger partial charge on any atom is -0.492 e. The van der Waals surface area contributed by atoms with E-state index in [9.17, 15) is 29.0 Å². The number of carbonyl (C=O) groups excluding carboxylic acids is 1. The highest BCUT2D eigenvalue weighted by Gasteiger charge is 2.49. The van der Waals surface area contributed by atoms with E-state index in [0.717, 1.165) is 47.1 Å². The van der Waals surface area contributed by atoms with Gasteiger partial charge in [-0.15, -0.1) is 0 Å². The summed E-state index contributed by atoms with van der Waals surface area (Å²) in [7, 11) is 0. The molecule has 2 unspecified atom stereocenters. The zero-order valence-electron chi connectivity index (χ0n) is 26.8. The zero-order valence-corrected chi connectivity index (χ0v) is 28.4. The van der Waals surface area contributed by atoms with Crippen LogP contribution in [0.15, 0.2) is 76.8 Å². The highest BCUT2D eigenvalue weighted by molar-refractivity contribution is 9.10. The quantitative estimate of drug-likeness (QED) is 0.206. The third kappa shape index (κ3) is 7.36. The summed E-state index contributed by atoms with van der Waals surface area (Å²) < 4.78 is 20.1. The van der Waals surface area contributed by atoms with Crippen molar-refractivity contribution in [3.8, 4) is 5.75 Å². The lowest BCUT2D eigenvalue weighted by Crippen LogP contribution is -2.65. The molecule has 48 heavy (non-hydrogen) atoms. The highest BCUT2D eigenvalue weighted by Crippen LogP contribution is 2.41. The van der Waals surface area contributed by atoms with Crippen molar-refractivity contribution in [2.75, 3.05) is 26.2 Å². The van der Waals surface area contributed by atoms with Crippen molar-refractivity contribution in [3.63, 3.8) is 0 Å². The lowest BCUT2D eigenvalue weighted by molar-refractivity contribution is -0.128. The lowest BCUT2D eigenvalue weighted by Gasteiger charge is -2.49. The van der Waals surface area contributed by atoms with E-state index >= 15 is 0 Å². The molecule has 2 aliphatic heterocycles. The maximum Gasteiger partial charge on any atom is 0.408 e. The fourth-order valence-electron chi connectivity index (χ4n) is 6.94. The fourth-order valence-corrected chi connectivity index (χ4v) is 7.30. The summed E-state index contributed by atoms with van der Waals surface area (Å²) in [5.74, 6) is -0.127. The summed E-state index contributed by atoms with van der Waals surface area (Å²) in [6.07, 6.45) is 1.82. The number of nitrogens with zero attached hydrogens (tertiary/aromatic N) is 3. The van der Waals surface area contributed by atoms with Crippen molar-refractivity contribution in [1.29, 1.82) is 0 Å². The van der Waals surface area contributed by atoms with E-state index in [1.54, 1.807) is 6.07 Å². The number of hydrogen-bond acceptors (Lipinski definition) is 4. The predicted octanol–water partition coefficient (Wildman–Crippen LogP) is 7.01. The molecule has 0 spiro atoms. The van der Waals surface area contributed by atoms with Crippen molar-refractivity contribution in [2.45, 2.75) is 63.6 Å². The number of piperazine rings is 1. The van der Waals surface area contributed by atoms with Gasteiger partial charge in [-0.05, 0) is 101 Å². The average molecular weight is 721 g/mol. The Morgan fingerprint density at radius 1 is 0.979 bits per heavy atom. The molecule has 2 N–H and O–H groups in total. The number of rotatable bonds is 11. The maximum atomic E-state index is 14.7. The van der Waals surface area contributed by atoms with Gasteiger partial charge in [0.25, 0.3) is 5.91 Å². The highest BCUT2D eigenvalue weighted by atomic mass is 79.9. The second-order valence-electron chi connectivity index (χ2n) is 12.8. The van der Waals surface area contributed by atoms with Crippen LogP contribution in [0.5, 0.6) is 5.75 Å². The summed E-state index contributed by atoms with van der Waals surface area (Å²) in [5.41, 5.74) is 5.35. The molecule has 3 amide bonds.